The number of Topliss-reactive ketones (excluding diaryl/α,β-unsaturated/α-hetero) is 1. The summed E-state index contributed by atoms with van der Waals surface area (Å²) in [4.78, 5) is 22.1. The molecule has 0 N–H and O–H groups in total. The molecule has 2 bridgehead atoms. The molecule has 0 amide bonds. The van der Waals surface area contributed by atoms with Gasteiger partial charge < -0.3 is 40.3 Å². The van der Waals surface area contributed by atoms with Gasteiger partial charge in [-0.3, -0.25) is 9.69 Å². The summed E-state index contributed by atoms with van der Waals surface area (Å²) in [5.74, 6) is 1.71. The SMILES string of the molecule is CCC(=O)[C@@H]1[C@H]2CC[C@@H](C[C@H]1c1ccc3ccccc3c1)N2CCCN(CC[S-])CC([O-])=NCC[S-].[O]=[99Tc+3]. The fourth-order valence-corrected chi connectivity index (χ4v) is 6.75. The van der Waals surface area contributed by atoms with Gasteiger partial charge in [0.05, 0.1) is 0 Å². The van der Waals surface area contributed by atoms with Crippen LogP contribution in [0.2, 0.25) is 0 Å². The number of hydrogen-bond donors (Lipinski definition) is 0. The zero-order valence-corrected chi connectivity index (χ0v) is 25.6. The third-order valence-electron chi connectivity index (χ3n) is 8.02. The standard InChI is InChI=1S/C29H41N3O2S2.O.Tc/c1-2-27(33)29-25(23-9-8-21-6-3-4-7-22(21)18-23)19-24-10-11-26(29)32(24)14-5-13-31(15-17-36)20-28(34)30-12-16-35;;/h3-4,6-9,18,24-26,29,35-36H,2,5,10-17,19-20H2,1H3,(H,30,34);;/q;;+3/p-3/t24-,25-,26+,29-;;/m0../s1/i;;1+1. The summed E-state index contributed by atoms with van der Waals surface area (Å²) in [6.07, 6.45) is 4.85. The molecular formula is C29H38N3O3S2Tc. The van der Waals surface area contributed by atoms with E-state index in [4.69, 9.17) is 28.8 Å². The molecule has 38 heavy (non-hydrogen) atoms. The maximum absolute atomic E-state index is 13.3. The quantitative estimate of drug-likeness (QED) is 0.190. The molecule has 2 aromatic rings. The first kappa shape index (κ1) is 31.4. The average molecular weight is 640 g/mol. The van der Waals surface area contributed by atoms with Crippen molar-refractivity contribution in [2.45, 2.75) is 57.0 Å². The number of nitrogens with zero attached hydrogens (tertiary/aromatic N) is 3. The van der Waals surface area contributed by atoms with Crippen LogP contribution in [0.15, 0.2) is 47.5 Å². The first-order chi connectivity index (χ1) is 18.5. The molecular weight excluding hydrogens is 601 g/mol. The van der Waals surface area contributed by atoms with E-state index in [0.717, 1.165) is 64.2 Å². The molecule has 2 aliphatic heterocycles. The van der Waals surface area contributed by atoms with Crippen molar-refractivity contribution in [1.82, 2.24) is 9.80 Å². The Hall–Kier alpha value is -1.09. The monoisotopic (exact) mass is 639 g/mol. The van der Waals surface area contributed by atoms with Gasteiger partial charge in [-0.15, -0.1) is 0 Å². The Kier molecular flexibility index (Phi) is 13.4. The van der Waals surface area contributed by atoms with Crippen LogP contribution >= 0.6 is 0 Å². The number of benzene rings is 2. The minimum atomic E-state index is -0.104. The van der Waals surface area contributed by atoms with Crippen LogP contribution in [0.5, 0.6) is 0 Å². The Bertz CT molecular complexity index is 1070. The van der Waals surface area contributed by atoms with Gasteiger partial charge in [0.1, 0.15) is 5.78 Å². The number of carbonyl (C=O) groups excluding carboxylic acids is 1. The number of fused-ring (bicyclic) bond motifs is 3. The van der Waals surface area contributed by atoms with Crippen LogP contribution in [-0.2, 0) is 52.4 Å². The van der Waals surface area contributed by atoms with Crippen molar-refractivity contribution in [2.75, 3.05) is 44.2 Å². The molecule has 4 atom stereocenters. The molecule has 0 spiro atoms. The Labute approximate surface area is 248 Å². The molecule has 0 radical (unpaired) electrons. The van der Waals surface area contributed by atoms with E-state index in [1.165, 1.54) is 16.3 Å². The topological polar surface area (TPSA) is 76.0 Å². The number of carbonyl (C=O) groups is 1. The van der Waals surface area contributed by atoms with Crippen LogP contribution in [0.4, 0.5) is 0 Å². The van der Waals surface area contributed by atoms with Crippen molar-refractivity contribution in [3.05, 3.63) is 48.0 Å². The van der Waals surface area contributed by atoms with Gasteiger partial charge in [-0.2, -0.15) is 11.5 Å². The summed E-state index contributed by atoms with van der Waals surface area (Å²) in [5.41, 5.74) is 1.31. The normalized spacial score (nSPS) is 23.4. The second kappa shape index (κ2) is 16.2. The Morgan fingerprint density at radius 3 is 2.58 bits per heavy atom. The van der Waals surface area contributed by atoms with Gasteiger partial charge in [-0.05, 0) is 73.5 Å². The van der Waals surface area contributed by atoms with E-state index >= 15 is 0 Å². The second-order valence-corrected chi connectivity index (χ2v) is 11.0. The van der Waals surface area contributed by atoms with Gasteiger partial charge >= 0.3 is 22.4 Å². The first-order valence-electron chi connectivity index (χ1n) is 13.6. The average Bonchev–Trinajstić information content (AvgIpc) is 3.22. The molecule has 206 valence electrons. The minimum absolute atomic E-state index is 0.0532. The van der Waals surface area contributed by atoms with Gasteiger partial charge in [-0.1, -0.05) is 49.4 Å². The molecule has 0 saturated carbocycles. The van der Waals surface area contributed by atoms with Crippen LogP contribution in [0.3, 0.4) is 0 Å². The van der Waals surface area contributed by atoms with Gasteiger partial charge in [0.15, 0.2) is 0 Å². The van der Waals surface area contributed by atoms with E-state index in [2.05, 4.69) is 57.3 Å². The van der Waals surface area contributed by atoms with Crippen LogP contribution in [0, 0.1) is 5.92 Å². The number of piperidine rings is 1. The van der Waals surface area contributed by atoms with Gasteiger partial charge in [0.2, 0.25) is 0 Å². The molecule has 9 heteroatoms. The molecule has 2 saturated heterocycles. The zero-order chi connectivity index (χ0) is 27.5. The molecule has 0 aromatic heterocycles. The molecule has 2 aromatic carbocycles. The van der Waals surface area contributed by atoms with Crippen molar-refractivity contribution < 1.29 is 32.3 Å². The molecule has 4 rings (SSSR count). The number of ketones is 1. The van der Waals surface area contributed by atoms with Crippen molar-refractivity contribution >= 4 is 47.7 Å². The van der Waals surface area contributed by atoms with Crippen molar-refractivity contribution in [3.8, 4) is 0 Å². The van der Waals surface area contributed by atoms with E-state index in [-0.39, 0.29) is 17.7 Å². The van der Waals surface area contributed by atoms with E-state index in [1.807, 2.05) is 6.92 Å². The van der Waals surface area contributed by atoms with E-state index in [9.17, 15) is 9.90 Å². The Morgan fingerprint density at radius 1 is 1.11 bits per heavy atom. The number of aliphatic imine (C=N–C) groups is 1. The second-order valence-electron chi connectivity index (χ2n) is 10.1. The van der Waals surface area contributed by atoms with Crippen molar-refractivity contribution in [2.24, 2.45) is 10.9 Å². The molecule has 2 heterocycles. The third-order valence-corrected chi connectivity index (χ3v) is 8.39. The molecule has 0 aliphatic carbocycles. The predicted molar refractivity (Wildman–Crippen MR) is 152 cm³/mol. The fraction of sp³-hybridized carbons (Fsp3) is 0.586. The molecule has 2 aliphatic rings. The van der Waals surface area contributed by atoms with Crippen LogP contribution < -0.4 is 5.11 Å². The van der Waals surface area contributed by atoms with Crippen LogP contribution in [0.1, 0.15) is 50.5 Å². The summed E-state index contributed by atoms with van der Waals surface area (Å²) in [5, 5.41) is 14.6. The number of rotatable bonds is 13. The van der Waals surface area contributed by atoms with Gasteiger partial charge in [0.25, 0.3) is 0 Å². The summed E-state index contributed by atoms with van der Waals surface area (Å²) < 4.78 is 8.22. The number of hydrogen-bond acceptors (Lipinski definition) is 8. The van der Waals surface area contributed by atoms with E-state index in [1.54, 1.807) is 0 Å². The van der Waals surface area contributed by atoms with Crippen LogP contribution in [-0.4, -0.2) is 77.8 Å². The maximum atomic E-state index is 13.3. The van der Waals surface area contributed by atoms with Crippen molar-refractivity contribution in [3.63, 3.8) is 0 Å². The van der Waals surface area contributed by atoms with E-state index < -0.39 is 0 Å². The molecule has 2 fully saturated rings. The zero-order valence-electron chi connectivity index (χ0n) is 22.1. The summed E-state index contributed by atoms with van der Waals surface area (Å²) in [7, 11) is 0. The molecule has 0 unspecified atom stereocenters. The Morgan fingerprint density at radius 2 is 1.87 bits per heavy atom. The summed E-state index contributed by atoms with van der Waals surface area (Å²) in [6, 6.07) is 16.1. The molecule has 6 nitrogen and oxygen atoms in total. The third kappa shape index (κ3) is 7.98. The fourth-order valence-electron chi connectivity index (χ4n) is 6.41. The van der Waals surface area contributed by atoms with Gasteiger partial charge in [0, 0.05) is 37.5 Å². The predicted octanol–water partition coefficient (Wildman–Crippen LogP) is 3.18. The van der Waals surface area contributed by atoms with Crippen molar-refractivity contribution in [1.29, 1.82) is 0 Å². The first-order valence-corrected chi connectivity index (χ1v) is 15.5. The van der Waals surface area contributed by atoms with Gasteiger partial charge in [-0.25, -0.2) is 0 Å². The summed E-state index contributed by atoms with van der Waals surface area (Å²) >= 11 is 11.0. The Balaban J connectivity index is 0.00000195. The van der Waals surface area contributed by atoms with E-state index in [0.29, 0.717) is 48.9 Å². The summed E-state index contributed by atoms with van der Waals surface area (Å²) in [6.45, 7) is 5.24. The van der Waals surface area contributed by atoms with Crippen LogP contribution in [0.25, 0.3) is 10.8 Å².